The van der Waals surface area contributed by atoms with Gasteiger partial charge in [-0.2, -0.15) is 5.10 Å². The number of amides is 1. The van der Waals surface area contributed by atoms with Crippen LogP contribution in [0.5, 0.6) is 5.75 Å². The van der Waals surface area contributed by atoms with Crippen molar-refractivity contribution in [2.75, 3.05) is 6.54 Å². The Morgan fingerprint density at radius 1 is 0.951 bits per heavy atom. The molecule has 0 unspecified atom stereocenters. The van der Waals surface area contributed by atoms with Gasteiger partial charge in [-0.1, -0.05) is 117 Å². The first-order valence-electron chi connectivity index (χ1n) is 14.2. The van der Waals surface area contributed by atoms with Crippen molar-refractivity contribution in [1.29, 1.82) is 0 Å². The highest BCUT2D eigenvalue weighted by Gasteiger charge is 2.32. The van der Waals surface area contributed by atoms with Crippen molar-refractivity contribution in [2.24, 2.45) is 0 Å². The molecule has 0 radical (unpaired) electrons. The van der Waals surface area contributed by atoms with Gasteiger partial charge in [-0.05, 0) is 49.2 Å². The second kappa shape index (κ2) is 13.8. The standard InChI is InChI=1S/C34H35N3O2S2/c1-3-4-5-6-10-20-36-33(38)31(41-34(36)40)22-28-23-37(29-13-8-7-9-14-29)35-32(28)27-12-11-15-30(21-27)39-24-26-18-16-25(2)17-19-26/h7-9,11-19,21-23H,3-6,10,20,24H2,1-2H3. The number of thiocarbonyl (C=S) groups is 1. The number of hydrogen-bond donors (Lipinski definition) is 0. The summed E-state index contributed by atoms with van der Waals surface area (Å²) in [5, 5.41) is 4.95. The molecule has 0 N–H and O–H groups in total. The molecule has 4 aromatic rings. The average molecular weight is 582 g/mol. The fourth-order valence-electron chi connectivity index (χ4n) is 4.72. The molecule has 0 bridgehead atoms. The third kappa shape index (κ3) is 7.34. The van der Waals surface area contributed by atoms with Crippen LogP contribution in [0.4, 0.5) is 0 Å². The molecule has 1 fully saturated rings. The number of para-hydroxylation sites is 1. The SMILES string of the molecule is CCCCCCCN1C(=O)C(=Cc2cn(-c3ccccc3)nc2-c2cccc(OCc3ccc(C)cc3)c2)SC1=S. The molecule has 0 spiro atoms. The van der Waals surface area contributed by atoms with Crippen molar-refractivity contribution < 1.29 is 9.53 Å². The van der Waals surface area contributed by atoms with E-state index in [0.717, 1.165) is 46.7 Å². The lowest BCUT2D eigenvalue weighted by molar-refractivity contribution is -0.122. The smallest absolute Gasteiger partial charge is 0.266 e. The van der Waals surface area contributed by atoms with Crippen molar-refractivity contribution in [2.45, 2.75) is 52.6 Å². The number of hydrogen-bond acceptors (Lipinski definition) is 5. The molecule has 2 heterocycles. The van der Waals surface area contributed by atoms with Gasteiger partial charge < -0.3 is 4.74 Å². The minimum Gasteiger partial charge on any atom is -0.489 e. The Balaban J connectivity index is 1.41. The molecule has 1 saturated heterocycles. The number of thioether (sulfide) groups is 1. The van der Waals surface area contributed by atoms with Crippen LogP contribution in [0, 0.1) is 6.92 Å². The van der Waals surface area contributed by atoms with Crippen LogP contribution in [0.1, 0.15) is 55.7 Å². The summed E-state index contributed by atoms with van der Waals surface area (Å²) in [6.07, 6.45) is 9.60. The molecule has 7 heteroatoms. The minimum atomic E-state index is -0.0240. The van der Waals surface area contributed by atoms with E-state index >= 15 is 0 Å². The third-order valence-electron chi connectivity index (χ3n) is 7.04. The first-order valence-corrected chi connectivity index (χ1v) is 15.4. The van der Waals surface area contributed by atoms with Gasteiger partial charge in [-0.3, -0.25) is 9.69 Å². The number of unbranched alkanes of at least 4 members (excludes halogenated alkanes) is 4. The van der Waals surface area contributed by atoms with Crippen LogP contribution in [0.15, 0.2) is 90.0 Å². The van der Waals surface area contributed by atoms with Gasteiger partial charge in [0.05, 0.1) is 10.6 Å². The van der Waals surface area contributed by atoms with E-state index in [2.05, 4.69) is 38.1 Å². The van der Waals surface area contributed by atoms with E-state index in [-0.39, 0.29) is 5.91 Å². The molecule has 1 amide bonds. The molecule has 5 rings (SSSR count). The third-order valence-corrected chi connectivity index (χ3v) is 8.42. The number of rotatable bonds is 12. The Labute approximate surface area is 252 Å². The molecule has 3 aromatic carbocycles. The predicted octanol–water partition coefficient (Wildman–Crippen LogP) is 8.60. The van der Waals surface area contributed by atoms with E-state index < -0.39 is 0 Å². The van der Waals surface area contributed by atoms with Gasteiger partial charge in [0.1, 0.15) is 22.4 Å². The van der Waals surface area contributed by atoms with Gasteiger partial charge in [0.25, 0.3) is 5.91 Å². The molecule has 0 atom stereocenters. The summed E-state index contributed by atoms with van der Waals surface area (Å²) in [5.41, 5.74) is 5.83. The van der Waals surface area contributed by atoms with Crippen LogP contribution in [0.3, 0.4) is 0 Å². The molecule has 0 saturated carbocycles. The second-order valence-corrected chi connectivity index (χ2v) is 11.9. The molecule has 1 aliphatic rings. The molecular weight excluding hydrogens is 547 g/mol. The zero-order valence-electron chi connectivity index (χ0n) is 23.6. The summed E-state index contributed by atoms with van der Waals surface area (Å²) >= 11 is 6.97. The Morgan fingerprint density at radius 3 is 2.51 bits per heavy atom. The van der Waals surface area contributed by atoms with Crippen LogP contribution >= 0.6 is 24.0 Å². The number of ether oxygens (including phenoxy) is 1. The van der Waals surface area contributed by atoms with E-state index in [0.29, 0.717) is 22.4 Å². The normalized spacial score (nSPS) is 14.3. The highest BCUT2D eigenvalue weighted by Crippen LogP contribution is 2.35. The van der Waals surface area contributed by atoms with E-state index in [9.17, 15) is 4.79 Å². The lowest BCUT2D eigenvalue weighted by Gasteiger charge is -2.13. The van der Waals surface area contributed by atoms with Crippen molar-refractivity contribution in [3.8, 4) is 22.7 Å². The minimum absolute atomic E-state index is 0.0240. The number of benzene rings is 3. The van der Waals surface area contributed by atoms with Crippen LogP contribution in [0.2, 0.25) is 0 Å². The van der Waals surface area contributed by atoms with E-state index in [4.69, 9.17) is 22.1 Å². The van der Waals surface area contributed by atoms with Crippen LogP contribution in [-0.2, 0) is 11.4 Å². The zero-order valence-corrected chi connectivity index (χ0v) is 25.2. The average Bonchev–Trinajstić information content (AvgIpc) is 3.53. The summed E-state index contributed by atoms with van der Waals surface area (Å²) in [7, 11) is 0. The zero-order chi connectivity index (χ0) is 28.6. The van der Waals surface area contributed by atoms with Crippen molar-refractivity contribution in [3.63, 3.8) is 0 Å². The van der Waals surface area contributed by atoms with Crippen molar-refractivity contribution in [1.82, 2.24) is 14.7 Å². The maximum absolute atomic E-state index is 13.4. The quantitative estimate of drug-likeness (QED) is 0.0952. The highest BCUT2D eigenvalue weighted by atomic mass is 32.2. The van der Waals surface area contributed by atoms with Gasteiger partial charge in [-0.15, -0.1) is 0 Å². The van der Waals surface area contributed by atoms with Gasteiger partial charge in [-0.25, -0.2) is 4.68 Å². The summed E-state index contributed by atoms with van der Waals surface area (Å²) in [5.74, 6) is 0.738. The van der Waals surface area contributed by atoms with Gasteiger partial charge >= 0.3 is 0 Å². The monoisotopic (exact) mass is 581 g/mol. The summed E-state index contributed by atoms with van der Waals surface area (Å²) < 4.78 is 8.62. The van der Waals surface area contributed by atoms with Crippen LogP contribution in [-0.4, -0.2) is 31.5 Å². The lowest BCUT2D eigenvalue weighted by Crippen LogP contribution is -2.29. The Hall–Kier alpha value is -3.68. The molecule has 0 aliphatic carbocycles. The maximum atomic E-state index is 13.4. The molecule has 1 aliphatic heterocycles. The second-order valence-electron chi connectivity index (χ2n) is 10.3. The fraction of sp³-hybridized carbons (Fsp3) is 0.265. The van der Waals surface area contributed by atoms with E-state index in [1.807, 2.05) is 71.6 Å². The number of carbonyl (C=O) groups is 1. The van der Waals surface area contributed by atoms with Gasteiger partial charge in [0, 0.05) is 23.9 Å². The number of carbonyl (C=O) groups excluding carboxylic acids is 1. The molecule has 1 aromatic heterocycles. The number of aromatic nitrogens is 2. The van der Waals surface area contributed by atoms with Crippen molar-refractivity contribution in [3.05, 3.63) is 107 Å². The molecule has 5 nitrogen and oxygen atoms in total. The molecular formula is C34H35N3O2S2. The Kier molecular flexibility index (Phi) is 9.70. The molecule has 41 heavy (non-hydrogen) atoms. The topological polar surface area (TPSA) is 47.4 Å². The number of nitrogens with zero attached hydrogens (tertiary/aromatic N) is 3. The summed E-state index contributed by atoms with van der Waals surface area (Å²) in [6.45, 7) is 5.43. The van der Waals surface area contributed by atoms with Crippen molar-refractivity contribution >= 4 is 40.3 Å². The first kappa shape index (κ1) is 28.8. The summed E-state index contributed by atoms with van der Waals surface area (Å²) in [4.78, 5) is 15.7. The van der Waals surface area contributed by atoms with Crippen LogP contribution in [0.25, 0.3) is 23.0 Å². The van der Waals surface area contributed by atoms with Gasteiger partial charge in [0.15, 0.2) is 0 Å². The van der Waals surface area contributed by atoms with E-state index in [1.165, 1.54) is 36.6 Å². The predicted molar refractivity (Wildman–Crippen MR) is 173 cm³/mol. The largest absolute Gasteiger partial charge is 0.489 e. The summed E-state index contributed by atoms with van der Waals surface area (Å²) in [6, 6.07) is 26.3. The van der Waals surface area contributed by atoms with E-state index in [1.54, 1.807) is 4.90 Å². The lowest BCUT2D eigenvalue weighted by atomic mass is 10.1. The maximum Gasteiger partial charge on any atom is 0.266 e. The van der Waals surface area contributed by atoms with Gasteiger partial charge in [0.2, 0.25) is 0 Å². The highest BCUT2D eigenvalue weighted by molar-refractivity contribution is 8.26. The first-order chi connectivity index (χ1) is 20.0. The Morgan fingerprint density at radius 2 is 1.73 bits per heavy atom. The van der Waals surface area contributed by atoms with Crippen LogP contribution < -0.4 is 4.74 Å². The Bertz CT molecular complexity index is 1530. The molecule has 210 valence electrons. The fourth-order valence-corrected chi connectivity index (χ4v) is 6.02. The number of aryl methyl sites for hydroxylation is 1.